The smallest absolute Gasteiger partial charge is 0.224 e. The van der Waals surface area contributed by atoms with Crippen molar-refractivity contribution in [1.29, 1.82) is 0 Å². The van der Waals surface area contributed by atoms with Gasteiger partial charge in [0.1, 0.15) is 5.75 Å². The summed E-state index contributed by atoms with van der Waals surface area (Å²) in [6.45, 7) is 1.04. The second kappa shape index (κ2) is 5.19. The lowest BCUT2D eigenvalue weighted by Gasteiger charge is -2.20. The number of carbonyl (C=O) groups excluding carboxylic acids is 1. The van der Waals surface area contributed by atoms with Gasteiger partial charge in [-0.2, -0.15) is 0 Å². The van der Waals surface area contributed by atoms with Crippen LogP contribution in [-0.4, -0.2) is 42.2 Å². The molecule has 1 atom stereocenters. The number of ether oxygens (including phenoxy) is 1. The Kier molecular flexibility index (Phi) is 3.64. The number of para-hydroxylation sites is 1. The van der Waals surface area contributed by atoms with Crippen LogP contribution in [0.3, 0.4) is 0 Å². The van der Waals surface area contributed by atoms with Crippen LogP contribution in [-0.2, 0) is 16.0 Å². The minimum Gasteiger partial charge on any atom is -0.508 e. The predicted molar refractivity (Wildman–Crippen MR) is 63.8 cm³/mol. The van der Waals surface area contributed by atoms with Crippen molar-refractivity contribution >= 4 is 5.91 Å². The molecule has 0 radical (unpaired) electrons. The Balaban J connectivity index is 2.04. The minimum absolute atomic E-state index is 0.0419. The van der Waals surface area contributed by atoms with E-state index >= 15 is 0 Å². The highest BCUT2D eigenvalue weighted by Gasteiger charge is 2.21. The molecule has 4 nitrogen and oxygen atoms in total. The average Bonchev–Trinajstić information content (AvgIpc) is 2.45. The Morgan fingerprint density at radius 2 is 2.24 bits per heavy atom. The van der Waals surface area contributed by atoms with E-state index < -0.39 is 0 Å². The molecule has 1 heterocycles. The summed E-state index contributed by atoms with van der Waals surface area (Å²) in [4.78, 5) is 13.2. The Labute approximate surface area is 101 Å². The first-order chi connectivity index (χ1) is 8.16. The number of phenols is 1. The standard InChI is InChI=1S/C13H17NO3/c1-14-9-11(17-7-6-13(14)16)8-10-4-2-3-5-12(10)15/h2-5,11,15H,6-9H2,1H3. The van der Waals surface area contributed by atoms with Gasteiger partial charge in [-0.15, -0.1) is 0 Å². The highest BCUT2D eigenvalue weighted by atomic mass is 16.5. The highest BCUT2D eigenvalue weighted by molar-refractivity contribution is 5.76. The Morgan fingerprint density at radius 3 is 3.00 bits per heavy atom. The quantitative estimate of drug-likeness (QED) is 0.837. The molecule has 1 N–H and O–H groups in total. The lowest BCUT2D eigenvalue weighted by atomic mass is 10.1. The van der Waals surface area contributed by atoms with Crippen LogP contribution in [0.25, 0.3) is 0 Å². The summed E-state index contributed by atoms with van der Waals surface area (Å²) in [5.41, 5.74) is 0.861. The third-order valence-electron chi connectivity index (χ3n) is 3.01. The van der Waals surface area contributed by atoms with E-state index in [1.54, 1.807) is 24.1 Å². The fourth-order valence-electron chi connectivity index (χ4n) is 2.02. The van der Waals surface area contributed by atoms with Crippen LogP contribution in [0.2, 0.25) is 0 Å². The molecule has 1 aliphatic rings. The lowest BCUT2D eigenvalue weighted by molar-refractivity contribution is -0.129. The molecule has 1 aliphatic heterocycles. The maximum Gasteiger partial charge on any atom is 0.224 e. The van der Waals surface area contributed by atoms with E-state index in [0.717, 1.165) is 5.56 Å². The third-order valence-corrected chi connectivity index (χ3v) is 3.01. The number of carbonyl (C=O) groups is 1. The molecule has 1 saturated heterocycles. The molecule has 0 spiro atoms. The van der Waals surface area contributed by atoms with Gasteiger partial charge in [-0.25, -0.2) is 0 Å². The summed E-state index contributed by atoms with van der Waals surface area (Å²) in [6, 6.07) is 7.23. The molecule has 4 heteroatoms. The molecular formula is C13H17NO3. The number of aromatic hydroxyl groups is 1. The SMILES string of the molecule is CN1CC(Cc2ccccc2O)OCCC1=O. The number of likely N-dealkylation sites (N-methyl/N-ethyl adjacent to an activating group) is 1. The number of hydrogen-bond acceptors (Lipinski definition) is 3. The van der Waals surface area contributed by atoms with Crippen LogP contribution in [0.15, 0.2) is 24.3 Å². The van der Waals surface area contributed by atoms with Crippen LogP contribution in [0.1, 0.15) is 12.0 Å². The topological polar surface area (TPSA) is 49.8 Å². The fraction of sp³-hybridized carbons (Fsp3) is 0.462. The summed E-state index contributed by atoms with van der Waals surface area (Å²) >= 11 is 0. The monoisotopic (exact) mass is 235 g/mol. The van der Waals surface area contributed by atoms with Gasteiger partial charge in [0.15, 0.2) is 0 Å². The lowest BCUT2D eigenvalue weighted by Crippen LogP contribution is -2.32. The summed E-state index contributed by atoms with van der Waals surface area (Å²) in [5.74, 6) is 0.402. The second-order valence-corrected chi connectivity index (χ2v) is 4.35. The van der Waals surface area contributed by atoms with Crippen LogP contribution in [0, 0.1) is 0 Å². The molecule has 0 bridgehead atoms. The number of nitrogens with zero attached hydrogens (tertiary/aromatic N) is 1. The summed E-state index contributed by atoms with van der Waals surface area (Å²) in [5, 5.41) is 9.69. The molecular weight excluding hydrogens is 218 g/mol. The first-order valence-corrected chi connectivity index (χ1v) is 5.79. The normalized spacial score (nSPS) is 21.4. The molecule has 1 amide bonds. The molecule has 1 aromatic rings. The molecule has 17 heavy (non-hydrogen) atoms. The second-order valence-electron chi connectivity index (χ2n) is 4.35. The van der Waals surface area contributed by atoms with E-state index in [9.17, 15) is 9.90 Å². The molecule has 0 saturated carbocycles. The van der Waals surface area contributed by atoms with E-state index in [4.69, 9.17) is 4.74 Å². The fourth-order valence-corrected chi connectivity index (χ4v) is 2.02. The van der Waals surface area contributed by atoms with E-state index in [-0.39, 0.29) is 17.8 Å². The van der Waals surface area contributed by atoms with Gasteiger partial charge in [-0.1, -0.05) is 18.2 Å². The van der Waals surface area contributed by atoms with E-state index in [1.165, 1.54) is 0 Å². The molecule has 92 valence electrons. The maximum absolute atomic E-state index is 11.5. The van der Waals surface area contributed by atoms with Crippen molar-refractivity contribution in [3.63, 3.8) is 0 Å². The van der Waals surface area contributed by atoms with Gasteiger partial charge in [-0.05, 0) is 11.6 Å². The number of phenolic OH excluding ortho intramolecular Hbond substituents is 1. The Morgan fingerprint density at radius 1 is 1.47 bits per heavy atom. The van der Waals surface area contributed by atoms with Crippen LogP contribution in [0.4, 0.5) is 0 Å². The van der Waals surface area contributed by atoms with Crippen molar-refractivity contribution in [3.8, 4) is 5.75 Å². The molecule has 0 aliphatic carbocycles. The van der Waals surface area contributed by atoms with E-state index in [0.29, 0.717) is 26.0 Å². The summed E-state index contributed by atoms with van der Waals surface area (Å²) < 4.78 is 5.63. The van der Waals surface area contributed by atoms with Crippen molar-refractivity contribution in [2.24, 2.45) is 0 Å². The van der Waals surface area contributed by atoms with Crippen LogP contribution < -0.4 is 0 Å². The van der Waals surface area contributed by atoms with Crippen LogP contribution >= 0.6 is 0 Å². The van der Waals surface area contributed by atoms with Gasteiger partial charge >= 0.3 is 0 Å². The molecule has 1 aromatic carbocycles. The number of hydrogen-bond donors (Lipinski definition) is 1. The minimum atomic E-state index is -0.0419. The average molecular weight is 235 g/mol. The zero-order valence-corrected chi connectivity index (χ0v) is 9.93. The van der Waals surface area contributed by atoms with Crippen molar-refractivity contribution in [2.45, 2.75) is 18.9 Å². The summed E-state index contributed by atoms with van der Waals surface area (Å²) in [6.07, 6.45) is 1.03. The Bertz CT molecular complexity index is 405. The van der Waals surface area contributed by atoms with Gasteiger partial charge in [0, 0.05) is 20.0 Å². The van der Waals surface area contributed by atoms with Gasteiger partial charge in [0.2, 0.25) is 5.91 Å². The number of amides is 1. The largest absolute Gasteiger partial charge is 0.508 e. The first-order valence-electron chi connectivity index (χ1n) is 5.79. The van der Waals surface area contributed by atoms with Gasteiger partial charge < -0.3 is 14.7 Å². The zero-order valence-electron chi connectivity index (χ0n) is 9.93. The first kappa shape index (κ1) is 11.9. The van der Waals surface area contributed by atoms with Crippen molar-refractivity contribution in [2.75, 3.05) is 20.2 Å². The molecule has 0 aromatic heterocycles. The highest BCUT2D eigenvalue weighted by Crippen LogP contribution is 2.19. The summed E-state index contributed by atoms with van der Waals surface area (Å²) in [7, 11) is 1.79. The zero-order chi connectivity index (χ0) is 12.3. The number of benzene rings is 1. The van der Waals surface area contributed by atoms with Gasteiger partial charge in [0.05, 0.1) is 19.1 Å². The van der Waals surface area contributed by atoms with Gasteiger partial charge in [0.25, 0.3) is 0 Å². The maximum atomic E-state index is 11.5. The van der Waals surface area contributed by atoms with Crippen LogP contribution in [0.5, 0.6) is 5.75 Å². The van der Waals surface area contributed by atoms with E-state index in [1.807, 2.05) is 12.1 Å². The number of rotatable bonds is 2. The van der Waals surface area contributed by atoms with Crippen molar-refractivity contribution < 1.29 is 14.6 Å². The Hall–Kier alpha value is -1.55. The van der Waals surface area contributed by atoms with Crippen molar-refractivity contribution in [3.05, 3.63) is 29.8 Å². The van der Waals surface area contributed by atoms with E-state index in [2.05, 4.69) is 0 Å². The predicted octanol–water partition coefficient (Wildman–Crippen LogP) is 1.18. The molecule has 2 rings (SSSR count). The molecule has 1 unspecified atom stereocenters. The van der Waals surface area contributed by atoms with Crippen molar-refractivity contribution in [1.82, 2.24) is 4.90 Å². The van der Waals surface area contributed by atoms with Gasteiger partial charge in [-0.3, -0.25) is 4.79 Å². The third kappa shape index (κ3) is 2.97. The molecule has 1 fully saturated rings.